The SMILES string of the molecule is CCC(c1ccc(C(F)(F)F)cc1)n1nc(CO)c2c(=O)[nH]c(CC(c3ccc(C(F)(F)F)cc3)n3nc(CO)c4c(=O)[nH]c(C)nc43)nc21. The Morgan fingerprint density at radius 3 is 1.60 bits per heavy atom. The number of aromatic nitrogens is 8. The van der Waals surface area contributed by atoms with Crippen LogP contribution < -0.4 is 11.1 Å². The number of hydrogen-bond acceptors (Lipinski definition) is 8. The van der Waals surface area contributed by atoms with E-state index >= 15 is 0 Å². The van der Waals surface area contributed by atoms with Gasteiger partial charge in [0.15, 0.2) is 11.3 Å². The number of nitrogens with zero attached hydrogens (tertiary/aromatic N) is 6. The summed E-state index contributed by atoms with van der Waals surface area (Å²) in [4.78, 5) is 40.6. The molecule has 0 bridgehead atoms. The van der Waals surface area contributed by atoms with Crippen LogP contribution in [0.5, 0.6) is 0 Å². The molecule has 12 nitrogen and oxygen atoms in total. The molecule has 0 amide bonds. The fraction of sp³-hybridized carbons (Fsp3) is 0.312. The molecule has 6 rings (SSSR count). The van der Waals surface area contributed by atoms with Crippen LogP contribution in [-0.4, -0.2) is 49.7 Å². The fourth-order valence-corrected chi connectivity index (χ4v) is 6.00. The first-order valence-electron chi connectivity index (χ1n) is 15.2. The maximum atomic E-state index is 13.5. The number of hydrogen-bond donors (Lipinski definition) is 4. The monoisotopic (exact) mass is 702 g/mol. The van der Waals surface area contributed by atoms with Crippen LogP contribution in [0.25, 0.3) is 22.1 Å². The number of halogens is 6. The van der Waals surface area contributed by atoms with Gasteiger partial charge in [0.1, 0.15) is 33.8 Å². The Labute approximate surface area is 277 Å². The van der Waals surface area contributed by atoms with E-state index in [4.69, 9.17) is 0 Å². The van der Waals surface area contributed by atoms with Gasteiger partial charge in [0.2, 0.25) is 0 Å². The van der Waals surface area contributed by atoms with E-state index in [2.05, 4.69) is 30.1 Å². The van der Waals surface area contributed by atoms with Gasteiger partial charge in [-0.1, -0.05) is 31.2 Å². The predicted molar refractivity (Wildman–Crippen MR) is 166 cm³/mol. The largest absolute Gasteiger partial charge is 0.416 e. The fourth-order valence-electron chi connectivity index (χ4n) is 6.00. The van der Waals surface area contributed by atoms with Crippen molar-refractivity contribution >= 4 is 22.1 Å². The summed E-state index contributed by atoms with van der Waals surface area (Å²) in [5.74, 6) is 0.192. The molecule has 50 heavy (non-hydrogen) atoms. The van der Waals surface area contributed by atoms with Gasteiger partial charge in [-0.15, -0.1) is 0 Å². The molecule has 4 aromatic heterocycles. The van der Waals surface area contributed by atoms with Gasteiger partial charge in [0.05, 0.1) is 36.4 Å². The minimum Gasteiger partial charge on any atom is -0.390 e. The van der Waals surface area contributed by atoms with E-state index < -0.39 is 59.9 Å². The Hall–Kier alpha value is -5.36. The van der Waals surface area contributed by atoms with Gasteiger partial charge in [-0.25, -0.2) is 19.3 Å². The topological polar surface area (TPSA) is 168 Å². The van der Waals surface area contributed by atoms with Crippen molar-refractivity contribution in [3.8, 4) is 0 Å². The molecule has 2 unspecified atom stereocenters. The van der Waals surface area contributed by atoms with Crippen molar-refractivity contribution in [1.82, 2.24) is 39.5 Å². The third-order valence-corrected chi connectivity index (χ3v) is 8.35. The lowest BCUT2D eigenvalue weighted by Crippen LogP contribution is -2.21. The van der Waals surface area contributed by atoms with Crippen molar-refractivity contribution in [1.29, 1.82) is 0 Å². The van der Waals surface area contributed by atoms with Gasteiger partial charge in [-0.3, -0.25) is 9.59 Å². The highest BCUT2D eigenvalue weighted by Crippen LogP contribution is 2.34. The Morgan fingerprint density at radius 1 is 0.700 bits per heavy atom. The maximum absolute atomic E-state index is 13.5. The van der Waals surface area contributed by atoms with Gasteiger partial charge >= 0.3 is 12.4 Å². The third kappa shape index (κ3) is 6.26. The van der Waals surface area contributed by atoms with Gasteiger partial charge in [0.25, 0.3) is 11.1 Å². The highest BCUT2D eigenvalue weighted by Gasteiger charge is 2.33. The molecule has 0 saturated heterocycles. The van der Waals surface area contributed by atoms with Gasteiger partial charge in [-0.05, 0) is 48.7 Å². The van der Waals surface area contributed by atoms with Crippen LogP contribution in [0.15, 0.2) is 58.1 Å². The highest BCUT2D eigenvalue weighted by molar-refractivity contribution is 5.78. The molecule has 0 aliphatic heterocycles. The second-order valence-electron chi connectivity index (χ2n) is 11.5. The molecule has 4 N–H and O–H groups in total. The van der Waals surface area contributed by atoms with Crippen LogP contribution in [-0.2, 0) is 32.0 Å². The molecule has 262 valence electrons. The van der Waals surface area contributed by atoms with Crippen LogP contribution >= 0.6 is 0 Å². The summed E-state index contributed by atoms with van der Waals surface area (Å²) in [6.45, 7) is 1.94. The molecule has 18 heteroatoms. The standard InChI is InChI=1S/C32H28F6N8O4/c1-3-22(16-4-8-18(9-5-16)31(33,34)35)45-28-26(21(14-48)43-45)30(50)42-24(41-28)12-23(17-6-10-19(11-7-17)32(36,37)38)46-27-25(20(13-47)44-46)29(49)40-15(2)39-27/h4-11,22-23,47-48H,3,12-14H2,1-2H3,(H,39,40,49)(H,41,42,50). The molecule has 0 radical (unpaired) electrons. The second-order valence-corrected chi connectivity index (χ2v) is 11.5. The van der Waals surface area contributed by atoms with Crippen molar-refractivity contribution in [2.75, 3.05) is 0 Å². The number of aliphatic hydroxyl groups is 2. The summed E-state index contributed by atoms with van der Waals surface area (Å²) < 4.78 is 82.8. The number of aliphatic hydroxyl groups excluding tert-OH is 2. The number of rotatable bonds is 9. The molecule has 0 saturated carbocycles. The van der Waals surface area contributed by atoms with E-state index in [0.29, 0.717) is 12.0 Å². The quantitative estimate of drug-likeness (QED) is 0.157. The molecule has 0 aliphatic rings. The zero-order valence-electron chi connectivity index (χ0n) is 26.3. The molecule has 6 aromatic rings. The van der Waals surface area contributed by atoms with Crippen LogP contribution in [0.4, 0.5) is 26.3 Å². The molecular formula is C32H28F6N8O4. The van der Waals surface area contributed by atoms with Gasteiger partial charge < -0.3 is 20.2 Å². The Balaban J connectivity index is 1.52. The van der Waals surface area contributed by atoms with E-state index in [1.165, 1.54) is 40.6 Å². The summed E-state index contributed by atoms with van der Waals surface area (Å²) in [5.41, 5.74) is -2.47. The minimum atomic E-state index is -4.63. The second kappa shape index (κ2) is 12.8. The number of alkyl halides is 6. The van der Waals surface area contributed by atoms with Crippen LogP contribution in [0.2, 0.25) is 0 Å². The Kier molecular flexibility index (Phi) is 8.85. The number of aryl methyl sites for hydroxylation is 1. The van der Waals surface area contributed by atoms with Crippen molar-refractivity contribution < 1.29 is 36.6 Å². The maximum Gasteiger partial charge on any atom is 0.416 e. The number of benzene rings is 2. The molecule has 0 spiro atoms. The van der Waals surface area contributed by atoms with Gasteiger partial charge in [0, 0.05) is 6.42 Å². The summed E-state index contributed by atoms with van der Waals surface area (Å²) >= 11 is 0. The number of aromatic amines is 2. The van der Waals surface area contributed by atoms with E-state index in [0.717, 1.165) is 24.3 Å². The van der Waals surface area contributed by atoms with Crippen molar-refractivity contribution in [3.63, 3.8) is 0 Å². The lowest BCUT2D eigenvalue weighted by atomic mass is 10.0. The summed E-state index contributed by atoms with van der Waals surface area (Å²) in [6.07, 6.45) is -9.13. The lowest BCUT2D eigenvalue weighted by molar-refractivity contribution is -0.138. The molecule has 0 fully saturated rings. The first-order chi connectivity index (χ1) is 23.6. The Morgan fingerprint density at radius 2 is 1.14 bits per heavy atom. The van der Waals surface area contributed by atoms with E-state index in [-0.39, 0.29) is 57.1 Å². The first kappa shape index (κ1) is 34.5. The predicted octanol–water partition coefficient (Wildman–Crippen LogP) is 4.71. The number of nitrogens with one attached hydrogen (secondary N) is 2. The summed E-state index contributed by atoms with van der Waals surface area (Å²) in [7, 11) is 0. The van der Waals surface area contributed by atoms with Crippen LogP contribution in [0.1, 0.15) is 70.7 Å². The average molecular weight is 703 g/mol. The highest BCUT2D eigenvalue weighted by atomic mass is 19.4. The zero-order valence-corrected chi connectivity index (χ0v) is 26.3. The summed E-state index contributed by atoms with van der Waals surface area (Å²) in [5, 5.41) is 28.8. The number of fused-ring (bicyclic) bond motifs is 2. The van der Waals surface area contributed by atoms with Crippen LogP contribution in [0.3, 0.4) is 0 Å². The smallest absolute Gasteiger partial charge is 0.390 e. The average Bonchev–Trinajstić information content (AvgIpc) is 3.62. The normalized spacial score (nSPS) is 13.7. The lowest BCUT2D eigenvalue weighted by Gasteiger charge is -2.20. The Bertz CT molecular complexity index is 2310. The third-order valence-electron chi connectivity index (χ3n) is 8.35. The first-order valence-corrected chi connectivity index (χ1v) is 15.2. The van der Waals surface area contributed by atoms with Crippen molar-refractivity contribution in [2.24, 2.45) is 0 Å². The molecular weight excluding hydrogens is 674 g/mol. The van der Waals surface area contributed by atoms with Crippen molar-refractivity contribution in [3.05, 3.63) is 115 Å². The van der Waals surface area contributed by atoms with Crippen molar-refractivity contribution in [2.45, 2.75) is 64.3 Å². The minimum absolute atomic E-state index is 0.00231. The van der Waals surface area contributed by atoms with Crippen LogP contribution in [0, 0.1) is 6.92 Å². The summed E-state index contributed by atoms with van der Waals surface area (Å²) in [6, 6.07) is 6.82. The molecule has 0 aliphatic carbocycles. The van der Waals surface area contributed by atoms with E-state index in [9.17, 15) is 46.1 Å². The molecule has 2 atom stereocenters. The zero-order chi connectivity index (χ0) is 36.1. The van der Waals surface area contributed by atoms with Gasteiger partial charge in [-0.2, -0.15) is 36.5 Å². The molecule has 2 aromatic carbocycles. The molecule has 4 heterocycles. The van der Waals surface area contributed by atoms with E-state index in [1.807, 2.05) is 0 Å². The van der Waals surface area contributed by atoms with E-state index in [1.54, 1.807) is 6.92 Å². The number of H-pyrrole nitrogens is 2.